The van der Waals surface area contributed by atoms with E-state index in [1.807, 2.05) is 0 Å². The summed E-state index contributed by atoms with van der Waals surface area (Å²) in [6, 6.07) is 4.00. The summed E-state index contributed by atoms with van der Waals surface area (Å²) in [5.41, 5.74) is 0. The molecule has 2 nitrogen and oxygen atoms in total. The van der Waals surface area contributed by atoms with E-state index >= 15 is 0 Å². The second kappa shape index (κ2) is 5.59. The number of benzene rings is 1. The Balaban J connectivity index is 2.95. The van der Waals surface area contributed by atoms with Crippen molar-refractivity contribution in [3.8, 4) is 11.5 Å². The molecule has 7 heteroatoms. The van der Waals surface area contributed by atoms with E-state index in [4.69, 9.17) is 4.43 Å². The summed E-state index contributed by atoms with van der Waals surface area (Å²) in [5.74, 6) is 0.262. The first-order valence-electron chi connectivity index (χ1n) is 6.06. The fraction of sp³-hybridized carbons (Fsp3) is 0.538. The van der Waals surface area contributed by atoms with Crippen LogP contribution in [0.2, 0.25) is 18.1 Å². The van der Waals surface area contributed by atoms with Crippen molar-refractivity contribution in [1.82, 2.24) is 0 Å². The monoisotopic (exact) mass is 370 g/mol. The molecule has 114 valence electrons. The fourth-order valence-electron chi connectivity index (χ4n) is 1.19. The summed E-state index contributed by atoms with van der Waals surface area (Å²) in [4.78, 5) is 0. The van der Waals surface area contributed by atoms with Crippen LogP contribution in [-0.2, 0) is 0 Å². The fourth-order valence-corrected chi connectivity index (χ4v) is 2.81. The van der Waals surface area contributed by atoms with E-state index in [2.05, 4.69) is 54.5 Å². The molecule has 0 N–H and O–H groups in total. The zero-order valence-electron chi connectivity index (χ0n) is 12.1. The molecule has 0 radical (unpaired) electrons. The van der Waals surface area contributed by atoms with Gasteiger partial charge in [-0.15, -0.1) is 13.2 Å². The highest BCUT2D eigenvalue weighted by atomic mass is 79.9. The Hall–Kier alpha value is -0.693. The molecule has 0 fully saturated rings. The molecule has 0 aromatic heterocycles. The van der Waals surface area contributed by atoms with E-state index in [9.17, 15) is 13.2 Å². The molecule has 0 atom stereocenters. The van der Waals surface area contributed by atoms with Gasteiger partial charge in [-0.25, -0.2) is 0 Å². The normalized spacial score (nSPS) is 13.2. The molecule has 0 spiro atoms. The zero-order chi connectivity index (χ0) is 15.8. The summed E-state index contributed by atoms with van der Waals surface area (Å²) >= 11 is 3.22. The lowest BCUT2D eigenvalue weighted by Crippen LogP contribution is -2.43. The molecule has 1 aromatic rings. The Morgan fingerprint density at radius 3 is 2.05 bits per heavy atom. The van der Waals surface area contributed by atoms with Crippen LogP contribution in [0.15, 0.2) is 22.7 Å². The van der Waals surface area contributed by atoms with Crippen molar-refractivity contribution in [2.45, 2.75) is 45.3 Å². The van der Waals surface area contributed by atoms with Crippen molar-refractivity contribution in [3.05, 3.63) is 22.7 Å². The van der Waals surface area contributed by atoms with Crippen LogP contribution in [0.3, 0.4) is 0 Å². The van der Waals surface area contributed by atoms with Crippen molar-refractivity contribution in [1.29, 1.82) is 0 Å². The maximum Gasteiger partial charge on any atom is 0.573 e. The van der Waals surface area contributed by atoms with Gasteiger partial charge in [-0.05, 0) is 52.3 Å². The van der Waals surface area contributed by atoms with Gasteiger partial charge in [-0.1, -0.05) is 20.8 Å². The van der Waals surface area contributed by atoms with Gasteiger partial charge in [0.2, 0.25) is 0 Å². The van der Waals surface area contributed by atoms with Gasteiger partial charge in [-0.3, -0.25) is 0 Å². The molecule has 1 rings (SSSR count). The first-order valence-corrected chi connectivity index (χ1v) is 9.76. The molecule has 0 bridgehead atoms. The Morgan fingerprint density at radius 2 is 1.65 bits per heavy atom. The van der Waals surface area contributed by atoms with E-state index in [0.717, 1.165) is 0 Å². The summed E-state index contributed by atoms with van der Waals surface area (Å²) < 4.78 is 46.8. The molecular formula is C13H18BrF3O2Si. The number of halogens is 4. The maximum absolute atomic E-state index is 12.1. The SMILES string of the molecule is CC(C)(C)[Si](C)(C)Oc1ccc(OC(F)(F)F)cc1Br. The second-order valence-electron chi connectivity index (χ2n) is 6.00. The third-order valence-corrected chi connectivity index (χ3v) is 8.27. The molecule has 0 aliphatic carbocycles. The number of rotatable bonds is 3. The lowest BCUT2D eigenvalue weighted by molar-refractivity contribution is -0.274. The maximum atomic E-state index is 12.1. The molecule has 0 aliphatic heterocycles. The minimum absolute atomic E-state index is 0.00752. The van der Waals surface area contributed by atoms with Gasteiger partial charge in [-0.2, -0.15) is 0 Å². The van der Waals surface area contributed by atoms with Gasteiger partial charge in [0, 0.05) is 0 Å². The highest BCUT2D eigenvalue weighted by Gasteiger charge is 2.39. The number of hydrogen-bond acceptors (Lipinski definition) is 2. The Bertz CT molecular complexity index is 481. The predicted octanol–water partition coefficient (Wildman–Crippen LogP) is 5.73. The highest BCUT2D eigenvalue weighted by molar-refractivity contribution is 9.10. The lowest BCUT2D eigenvalue weighted by Gasteiger charge is -2.36. The first kappa shape index (κ1) is 17.4. The van der Waals surface area contributed by atoms with Crippen LogP contribution in [0.5, 0.6) is 11.5 Å². The van der Waals surface area contributed by atoms with E-state index in [1.54, 1.807) is 0 Å². The molecule has 20 heavy (non-hydrogen) atoms. The molecule has 0 unspecified atom stereocenters. The van der Waals surface area contributed by atoms with Crippen LogP contribution < -0.4 is 9.16 Å². The number of ether oxygens (including phenoxy) is 1. The van der Waals surface area contributed by atoms with Gasteiger partial charge in [0.1, 0.15) is 11.5 Å². The molecule has 0 aliphatic rings. The van der Waals surface area contributed by atoms with E-state index in [-0.39, 0.29) is 10.8 Å². The van der Waals surface area contributed by atoms with Crippen molar-refractivity contribution in [2.24, 2.45) is 0 Å². The quantitative estimate of drug-likeness (QED) is 0.632. The molecular weight excluding hydrogens is 353 g/mol. The predicted molar refractivity (Wildman–Crippen MR) is 78.7 cm³/mol. The Kier molecular flexibility index (Phi) is 4.86. The Morgan fingerprint density at radius 1 is 1.10 bits per heavy atom. The smallest absolute Gasteiger partial charge is 0.543 e. The largest absolute Gasteiger partial charge is 0.573 e. The van der Waals surface area contributed by atoms with Crippen molar-refractivity contribution in [3.63, 3.8) is 0 Å². The molecule has 0 saturated carbocycles. The minimum atomic E-state index is -4.69. The van der Waals surface area contributed by atoms with Crippen LogP contribution in [0.1, 0.15) is 20.8 Å². The van der Waals surface area contributed by atoms with Crippen LogP contribution in [0, 0.1) is 0 Å². The van der Waals surface area contributed by atoms with E-state index in [1.165, 1.54) is 18.2 Å². The van der Waals surface area contributed by atoms with Crippen molar-refractivity contribution in [2.75, 3.05) is 0 Å². The Labute approximate surface area is 126 Å². The third-order valence-electron chi connectivity index (χ3n) is 3.31. The van der Waals surface area contributed by atoms with Crippen LogP contribution in [0.25, 0.3) is 0 Å². The standard InChI is InChI=1S/C13H18BrF3O2Si/c1-12(2,3)20(4,5)19-11-7-6-9(8-10(11)14)18-13(15,16)17/h6-8H,1-5H3. The summed E-state index contributed by atoms with van der Waals surface area (Å²) in [6.45, 7) is 10.4. The van der Waals surface area contributed by atoms with Crippen LogP contribution in [-0.4, -0.2) is 14.7 Å². The molecule has 0 saturated heterocycles. The number of hydrogen-bond donors (Lipinski definition) is 0. The van der Waals surface area contributed by atoms with Crippen molar-refractivity contribution >= 4 is 24.2 Å². The van der Waals surface area contributed by atoms with Crippen LogP contribution in [0.4, 0.5) is 13.2 Å². The minimum Gasteiger partial charge on any atom is -0.543 e. The van der Waals surface area contributed by atoms with Gasteiger partial charge in [0.05, 0.1) is 4.47 Å². The third kappa shape index (κ3) is 4.70. The summed E-state index contributed by atoms with van der Waals surface area (Å²) in [7, 11) is -2.03. The van der Waals surface area contributed by atoms with Gasteiger partial charge >= 0.3 is 6.36 Å². The summed E-state index contributed by atoms with van der Waals surface area (Å²) in [5, 5.41) is 0.00752. The second-order valence-corrected chi connectivity index (χ2v) is 11.6. The molecule has 1 aromatic carbocycles. The van der Waals surface area contributed by atoms with Gasteiger partial charge < -0.3 is 9.16 Å². The van der Waals surface area contributed by atoms with E-state index < -0.39 is 14.7 Å². The average Bonchev–Trinajstić information content (AvgIpc) is 2.18. The highest BCUT2D eigenvalue weighted by Crippen LogP contribution is 2.40. The summed E-state index contributed by atoms with van der Waals surface area (Å²) in [6.07, 6.45) is -4.69. The van der Waals surface area contributed by atoms with Crippen LogP contribution >= 0.6 is 15.9 Å². The van der Waals surface area contributed by atoms with E-state index in [0.29, 0.717) is 10.2 Å². The average molecular weight is 371 g/mol. The number of alkyl halides is 3. The first-order chi connectivity index (χ1) is 8.82. The molecule has 0 heterocycles. The van der Waals surface area contributed by atoms with Gasteiger partial charge in [0.25, 0.3) is 8.32 Å². The van der Waals surface area contributed by atoms with Crippen molar-refractivity contribution < 1.29 is 22.3 Å². The topological polar surface area (TPSA) is 18.5 Å². The lowest BCUT2D eigenvalue weighted by atomic mass is 10.2. The molecule has 0 amide bonds. The van der Waals surface area contributed by atoms with Gasteiger partial charge in [0.15, 0.2) is 0 Å². The zero-order valence-corrected chi connectivity index (χ0v) is 14.6.